The van der Waals surface area contributed by atoms with Crippen molar-refractivity contribution >= 4 is 10.4 Å². The zero-order chi connectivity index (χ0) is 16.5. The molecule has 0 radical (unpaired) electrons. The molecule has 0 amide bonds. The van der Waals surface area contributed by atoms with E-state index >= 15 is 0 Å². The van der Waals surface area contributed by atoms with Crippen molar-refractivity contribution in [1.82, 2.24) is 9.13 Å². The number of nitrogens with zero attached hydrogens (tertiary/aromatic N) is 4. The van der Waals surface area contributed by atoms with Crippen molar-refractivity contribution in [2.45, 2.75) is 26.9 Å². The van der Waals surface area contributed by atoms with Crippen molar-refractivity contribution in [3.8, 4) is 0 Å². The van der Waals surface area contributed by atoms with Crippen molar-refractivity contribution in [1.29, 1.82) is 0 Å². The first-order valence-electron chi connectivity index (χ1n) is 6.34. The summed E-state index contributed by atoms with van der Waals surface area (Å²) >= 11 is 0. The van der Waals surface area contributed by atoms with E-state index in [2.05, 4.69) is 48.0 Å². The van der Waals surface area contributed by atoms with Gasteiger partial charge in [0.15, 0.2) is 0 Å². The molecular formula is C12H22N4O4S. The molecule has 0 unspecified atom stereocenters. The second-order valence-electron chi connectivity index (χ2n) is 4.23. The number of rotatable bonds is 2. The predicted molar refractivity (Wildman–Crippen MR) is 73.0 cm³/mol. The molecule has 2 rings (SSSR count). The fourth-order valence-corrected chi connectivity index (χ4v) is 1.38. The molecule has 0 fully saturated rings. The van der Waals surface area contributed by atoms with Crippen LogP contribution in [-0.2, 0) is 37.6 Å². The molecule has 0 spiro atoms. The number of aryl methyl sites for hydroxylation is 4. The van der Waals surface area contributed by atoms with E-state index in [4.69, 9.17) is 17.5 Å². The molecule has 0 N–H and O–H groups in total. The first-order chi connectivity index (χ1) is 9.65. The fraction of sp³-hybridized carbons (Fsp3) is 0.500. The van der Waals surface area contributed by atoms with Crippen LogP contribution in [0.5, 0.6) is 0 Å². The Morgan fingerprint density at radius 1 is 0.905 bits per heavy atom. The molecule has 0 aliphatic rings. The minimum absolute atomic E-state index is 1.06. The highest BCUT2D eigenvalue weighted by atomic mass is 32.3. The van der Waals surface area contributed by atoms with E-state index in [0.29, 0.717) is 0 Å². The molecule has 0 saturated carbocycles. The van der Waals surface area contributed by atoms with E-state index in [1.165, 1.54) is 0 Å². The van der Waals surface area contributed by atoms with Crippen LogP contribution in [0, 0.1) is 0 Å². The molecule has 0 aliphatic carbocycles. The van der Waals surface area contributed by atoms with Gasteiger partial charge in [-0.05, 0) is 13.8 Å². The third kappa shape index (κ3) is 11.8. The highest BCUT2D eigenvalue weighted by Crippen LogP contribution is 1.75. The van der Waals surface area contributed by atoms with Crippen molar-refractivity contribution in [3.05, 3.63) is 37.4 Å². The Balaban J connectivity index is 0.000000296. The Morgan fingerprint density at radius 2 is 1.19 bits per heavy atom. The highest BCUT2D eigenvalue weighted by molar-refractivity contribution is 7.79. The third-order valence-corrected chi connectivity index (χ3v) is 2.38. The second-order valence-corrected chi connectivity index (χ2v) is 5.04. The van der Waals surface area contributed by atoms with Crippen LogP contribution in [0.1, 0.15) is 13.8 Å². The standard InChI is InChI=1S/2C6H11N2.H2O4S/c2*1-3-8-5-4-7(2)6-8;1-5(2,3)4/h2*4-6H,3H2,1-2H3;(H2,1,2,3,4)/q2*+1;/p-2. The van der Waals surface area contributed by atoms with Crippen LogP contribution in [0.25, 0.3) is 0 Å². The van der Waals surface area contributed by atoms with E-state index in [9.17, 15) is 0 Å². The summed E-state index contributed by atoms with van der Waals surface area (Å²) < 4.78 is 42.4. The summed E-state index contributed by atoms with van der Waals surface area (Å²) in [5.74, 6) is 0. The molecule has 8 nitrogen and oxygen atoms in total. The SMILES string of the molecule is CC[n+]1ccn(C)c1.CC[n+]1ccn(C)c1.O=S(=O)([O-])[O-]. The van der Waals surface area contributed by atoms with Crippen molar-refractivity contribution < 1.29 is 26.7 Å². The maximum atomic E-state index is 8.52. The van der Waals surface area contributed by atoms with Crippen LogP contribution in [0.2, 0.25) is 0 Å². The zero-order valence-corrected chi connectivity index (χ0v) is 13.5. The summed E-state index contributed by atoms with van der Waals surface area (Å²) in [5, 5.41) is 0. The Morgan fingerprint density at radius 3 is 1.29 bits per heavy atom. The second kappa shape index (κ2) is 9.27. The number of aromatic nitrogens is 4. The van der Waals surface area contributed by atoms with Crippen molar-refractivity contribution in [3.63, 3.8) is 0 Å². The summed E-state index contributed by atoms with van der Waals surface area (Å²) in [6.07, 6.45) is 12.3. The summed E-state index contributed by atoms with van der Waals surface area (Å²) in [6, 6.07) is 0. The van der Waals surface area contributed by atoms with Crippen LogP contribution < -0.4 is 9.13 Å². The highest BCUT2D eigenvalue weighted by Gasteiger charge is 1.92. The molecular weight excluding hydrogens is 296 g/mol. The van der Waals surface area contributed by atoms with Gasteiger partial charge in [0.1, 0.15) is 24.8 Å². The summed E-state index contributed by atoms with van der Waals surface area (Å²) in [5.41, 5.74) is 0. The molecule has 0 saturated heterocycles. The van der Waals surface area contributed by atoms with Gasteiger partial charge < -0.3 is 9.11 Å². The molecule has 2 aromatic rings. The lowest BCUT2D eigenvalue weighted by molar-refractivity contribution is -0.693. The largest absolute Gasteiger partial charge is 0.759 e. The summed E-state index contributed by atoms with van der Waals surface area (Å²) in [4.78, 5) is 0. The van der Waals surface area contributed by atoms with Crippen LogP contribution in [0.3, 0.4) is 0 Å². The quantitative estimate of drug-likeness (QED) is 0.416. The topological polar surface area (TPSA) is 97.9 Å². The van der Waals surface area contributed by atoms with Crippen LogP contribution >= 0.6 is 0 Å². The van der Waals surface area contributed by atoms with Gasteiger partial charge >= 0.3 is 0 Å². The molecule has 0 aliphatic heterocycles. The first-order valence-corrected chi connectivity index (χ1v) is 7.67. The molecule has 2 heterocycles. The molecule has 2 aromatic heterocycles. The minimum atomic E-state index is -5.17. The van der Waals surface area contributed by atoms with Gasteiger partial charge in [-0.2, -0.15) is 0 Å². The van der Waals surface area contributed by atoms with Gasteiger partial charge in [-0.25, -0.2) is 18.3 Å². The maximum absolute atomic E-state index is 8.52. The Labute approximate surface area is 125 Å². The Kier molecular flexibility index (Phi) is 8.51. The Hall–Kier alpha value is -1.71. The van der Waals surface area contributed by atoms with Gasteiger partial charge in [-0.3, -0.25) is 8.42 Å². The van der Waals surface area contributed by atoms with Gasteiger partial charge in [-0.15, -0.1) is 0 Å². The van der Waals surface area contributed by atoms with Gasteiger partial charge in [0.05, 0.1) is 27.2 Å². The van der Waals surface area contributed by atoms with E-state index in [1.54, 1.807) is 0 Å². The molecule has 9 heteroatoms. The number of hydrogen-bond donors (Lipinski definition) is 0. The number of imidazole rings is 2. The lowest BCUT2D eigenvalue weighted by atomic mass is 10.7. The van der Waals surface area contributed by atoms with E-state index < -0.39 is 10.4 Å². The lowest BCUT2D eigenvalue weighted by Crippen LogP contribution is -2.28. The van der Waals surface area contributed by atoms with E-state index in [-0.39, 0.29) is 0 Å². The number of hydrogen-bond acceptors (Lipinski definition) is 4. The minimum Gasteiger partial charge on any atom is -0.759 e. The molecule has 0 aromatic carbocycles. The average molecular weight is 318 g/mol. The van der Waals surface area contributed by atoms with Crippen molar-refractivity contribution in [2.24, 2.45) is 14.1 Å². The van der Waals surface area contributed by atoms with Gasteiger partial charge in [-0.1, -0.05) is 0 Å². The van der Waals surface area contributed by atoms with Crippen LogP contribution in [0.4, 0.5) is 0 Å². The molecule has 0 atom stereocenters. The molecule has 21 heavy (non-hydrogen) atoms. The molecule has 120 valence electrons. The van der Waals surface area contributed by atoms with E-state index in [0.717, 1.165) is 13.1 Å². The van der Waals surface area contributed by atoms with Gasteiger partial charge in [0, 0.05) is 10.4 Å². The fourth-order valence-electron chi connectivity index (χ4n) is 1.38. The van der Waals surface area contributed by atoms with Crippen LogP contribution in [0.15, 0.2) is 37.4 Å². The maximum Gasteiger partial charge on any atom is 0.243 e. The summed E-state index contributed by atoms with van der Waals surface area (Å²) in [6.45, 7) is 6.36. The van der Waals surface area contributed by atoms with Gasteiger partial charge in [0.25, 0.3) is 0 Å². The van der Waals surface area contributed by atoms with Crippen LogP contribution in [-0.4, -0.2) is 26.7 Å². The third-order valence-electron chi connectivity index (χ3n) is 2.38. The first kappa shape index (κ1) is 19.3. The van der Waals surface area contributed by atoms with Gasteiger partial charge in [0.2, 0.25) is 12.7 Å². The Bertz CT molecular complexity index is 570. The summed E-state index contributed by atoms with van der Waals surface area (Å²) in [7, 11) is -1.13. The average Bonchev–Trinajstić information content (AvgIpc) is 2.96. The van der Waals surface area contributed by atoms with Crippen molar-refractivity contribution in [2.75, 3.05) is 0 Å². The normalized spacial score (nSPS) is 10.2. The zero-order valence-electron chi connectivity index (χ0n) is 12.7. The van der Waals surface area contributed by atoms with E-state index in [1.807, 2.05) is 35.6 Å². The smallest absolute Gasteiger partial charge is 0.243 e. The molecule has 0 bridgehead atoms. The monoisotopic (exact) mass is 318 g/mol. The predicted octanol–water partition coefficient (Wildman–Crippen LogP) is -0.673. The lowest BCUT2D eigenvalue weighted by Gasteiger charge is -2.06.